The number of anilines is 4. The lowest BCUT2D eigenvalue weighted by molar-refractivity contribution is -0.140. The van der Waals surface area contributed by atoms with Gasteiger partial charge in [0, 0.05) is 30.8 Å². The van der Waals surface area contributed by atoms with E-state index in [1.54, 1.807) is 12.1 Å². The lowest BCUT2D eigenvalue weighted by Crippen LogP contribution is -2.47. The number of carbonyl (C=O) groups is 4. The number of amides is 2. The van der Waals surface area contributed by atoms with Crippen molar-refractivity contribution in [2.45, 2.75) is 31.3 Å². The first-order chi connectivity index (χ1) is 16.7. The summed E-state index contributed by atoms with van der Waals surface area (Å²) >= 11 is 0. The van der Waals surface area contributed by atoms with Gasteiger partial charge in [0.25, 0.3) is 11.5 Å². The van der Waals surface area contributed by atoms with Crippen LogP contribution in [0.3, 0.4) is 0 Å². The molecule has 2 amide bonds. The summed E-state index contributed by atoms with van der Waals surface area (Å²) in [7, 11) is 0. The van der Waals surface area contributed by atoms with E-state index in [0.717, 1.165) is 0 Å². The van der Waals surface area contributed by atoms with E-state index < -0.39 is 29.4 Å². The number of rotatable bonds is 11. The van der Waals surface area contributed by atoms with Crippen LogP contribution in [0.5, 0.6) is 0 Å². The van der Waals surface area contributed by atoms with Crippen molar-refractivity contribution in [1.29, 1.82) is 0 Å². The molecular formula is C21H25N7O7. The topological polar surface area (TPSA) is 220 Å². The Kier molecular flexibility index (Phi) is 7.86. The van der Waals surface area contributed by atoms with E-state index in [9.17, 15) is 29.1 Å². The molecule has 0 fully saturated rings. The van der Waals surface area contributed by atoms with Crippen molar-refractivity contribution in [3.63, 3.8) is 0 Å². The molecule has 14 heteroatoms. The number of fused-ring (bicyclic) bond motifs is 1. The molecule has 2 atom stereocenters. The molecule has 1 aromatic heterocycles. The van der Waals surface area contributed by atoms with Crippen LogP contribution in [0, 0.1) is 0 Å². The van der Waals surface area contributed by atoms with Crippen molar-refractivity contribution in [1.82, 2.24) is 15.3 Å². The largest absolute Gasteiger partial charge is 0.481 e. The number of aliphatic carboxylic acids is 2. The van der Waals surface area contributed by atoms with Crippen LogP contribution >= 0.6 is 0 Å². The predicted octanol–water partition coefficient (Wildman–Crippen LogP) is -0.341. The molecule has 0 unspecified atom stereocenters. The van der Waals surface area contributed by atoms with Gasteiger partial charge in [-0.25, -0.2) is 4.79 Å². The van der Waals surface area contributed by atoms with E-state index in [0.29, 0.717) is 31.6 Å². The van der Waals surface area contributed by atoms with E-state index in [1.165, 1.54) is 17.0 Å². The van der Waals surface area contributed by atoms with Gasteiger partial charge in [-0.15, -0.1) is 0 Å². The number of nitrogens with zero attached hydrogens (tertiary/aromatic N) is 2. The number of nitrogens with one attached hydrogen (secondary N) is 4. The molecule has 2 aromatic rings. The molecule has 1 aliphatic heterocycles. The minimum Gasteiger partial charge on any atom is -0.481 e. The number of nitrogens with two attached hydrogens (primary N) is 1. The van der Waals surface area contributed by atoms with Crippen molar-refractivity contribution in [2.24, 2.45) is 0 Å². The van der Waals surface area contributed by atoms with Crippen LogP contribution in [0.1, 0.15) is 29.6 Å². The Bertz CT molecular complexity index is 1170. The van der Waals surface area contributed by atoms with Crippen molar-refractivity contribution in [2.75, 3.05) is 34.4 Å². The maximum absolute atomic E-state index is 12.3. The van der Waals surface area contributed by atoms with Gasteiger partial charge in [0.2, 0.25) is 12.4 Å². The van der Waals surface area contributed by atoms with E-state index >= 15 is 0 Å². The summed E-state index contributed by atoms with van der Waals surface area (Å²) in [6, 6.07) is 4.63. The van der Waals surface area contributed by atoms with Crippen LogP contribution in [0.25, 0.3) is 0 Å². The number of carboxylic acids is 2. The Morgan fingerprint density at radius 3 is 2.60 bits per heavy atom. The molecule has 14 nitrogen and oxygen atoms in total. The number of nitrogen functional groups attached to an aromatic ring is 1. The zero-order chi connectivity index (χ0) is 25.5. The predicted molar refractivity (Wildman–Crippen MR) is 125 cm³/mol. The van der Waals surface area contributed by atoms with Gasteiger partial charge in [-0.1, -0.05) is 0 Å². The molecule has 8 N–H and O–H groups in total. The fourth-order valence-electron chi connectivity index (χ4n) is 3.61. The molecule has 1 aromatic carbocycles. The van der Waals surface area contributed by atoms with Crippen LogP contribution in [-0.4, -0.2) is 69.6 Å². The van der Waals surface area contributed by atoms with E-state index in [1.807, 2.05) is 0 Å². The van der Waals surface area contributed by atoms with Crippen molar-refractivity contribution < 1.29 is 29.4 Å². The van der Waals surface area contributed by atoms with Crippen LogP contribution in [0.4, 0.5) is 23.1 Å². The normalized spacial score (nSPS) is 15.3. The highest BCUT2D eigenvalue weighted by Crippen LogP contribution is 2.26. The molecule has 186 valence electrons. The van der Waals surface area contributed by atoms with Gasteiger partial charge < -0.3 is 36.8 Å². The molecule has 0 saturated carbocycles. The summed E-state index contributed by atoms with van der Waals surface area (Å²) in [6.07, 6.45) is 0.444. The third-order valence-corrected chi connectivity index (χ3v) is 5.39. The first-order valence-corrected chi connectivity index (χ1v) is 10.7. The summed E-state index contributed by atoms with van der Waals surface area (Å²) < 4.78 is 0. The summed E-state index contributed by atoms with van der Waals surface area (Å²) in [5.41, 5.74) is 6.01. The van der Waals surface area contributed by atoms with Crippen LogP contribution in [-0.2, 0) is 14.4 Å². The number of hydrogen-bond acceptors (Lipinski definition) is 9. The van der Waals surface area contributed by atoms with Crippen molar-refractivity contribution in [3.8, 4) is 0 Å². The Balaban J connectivity index is 1.55. The summed E-state index contributed by atoms with van der Waals surface area (Å²) in [5, 5.41) is 26.4. The van der Waals surface area contributed by atoms with Gasteiger partial charge in [0.05, 0.1) is 6.04 Å². The number of aromatic nitrogens is 2. The maximum Gasteiger partial charge on any atom is 0.326 e. The number of hydrogen-bond donors (Lipinski definition) is 7. The molecule has 1 aliphatic rings. The number of carboxylic acid groups (broad SMARTS) is 2. The van der Waals surface area contributed by atoms with Gasteiger partial charge in [0.15, 0.2) is 11.5 Å². The smallest absolute Gasteiger partial charge is 0.326 e. The molecule has 2 heterocycles. The number of H-pyrrole nitrogens is 1. The monoisotopic (exact) mass is 487 g/mol. The standard InChI is InChI=1S/C21H25N7O7/c22-21-26-17-16(19(33)27-21)28(10-29)13(9-24-17)7-8-23-12-3-1-11(2-4-12)18(32)25-14(20(34)35)5-6-15(30)31/h1-4,10,13-14,23H,5-9H2,(H,25,32)(H,30,31)(H,34,35)(H4,22,24,26,27,33)/t13-,14+/m1/s1. The average Bonchev–Trinajstić information content (AvgIpc) is 2.81. The molecular weight excluding hydrogens is 462 g/mol. The number of benzene rings is 1. The van der Waals surface area contributed by atoms with Gasteiger partial charge >= 0.3 is 11.9 Å². The van der Waals surface area contributed by atoms with Gasteiger partial charge in [-0.05, 0) is 37.1 Å². The third-order valence-electron chi connectivity index (χ3n) is 5.39. The Morgan fingerprint density at radius 2 is 1.97 bits per heavy atom. The average molecular weight is 487 g/mol. The van der Waals surface area contributed by atoms with Crippen molar-refractivity contribution >= 4 is 47.4 Å². The minimum absolute atomic E-state index is 0.0527. The summed E-state index contributed by atoms with van der Waals surface area (Å²) in [4.78, 5) is 65.8. The fraction of sp³-hybridized carbons (Fsp3) is 0.333. The van der Waals surface area contributed by atoms with Crippen LogP contribution in [0.2, 0.25) is 0 Å². The van der Waals surface area contributed by atoms with E-state index in [2.05, 4.69) is 25.9 Å². The third kappa shape index (κ3) is 6.25. The Hall–Kier alpha value is -4.62. The van der Waals surface area contributed by atoms with E-state index in [-0.39, 0.29) is 41.9 Å². The summed E-state index contributed by atoms with van der Waals surface area (Å²) in [5.74, 6) is -2.92. The van der Waals surface area contributed by atoms with Crippen molar-refractivity contribution in [3.05, 3.63) is 40.2 Å². The highest BCUT2D eigenvalue weighted by molar-refractivity contribution is 5.97. The maximum atomic E-state index is 12.3. The molecule has 3 rings (SSSR count). The highest BCUT2D eigenvalue weighted by atomic mass is 16.4. The van der Waals surface area contributed by atoms with Gasteiger partial charge in [0.1, 0.15) is 6.04 Å². The number of carbonyl (C=O) groups excluding carboxylic acids is 2. The Labute approximate surface area is 198 Å². The molecule has 35 heavy (non-hydrogen) atoms. The number of aromatic amines is 1. The molecule has 0 aliphatic carbocycles. The molecule has 0 radical (unpaired) electrons. The van der Waals surface area contributed by atoms with E-state index in [4.69, 9.17) is 10.8 Å². The van der Waals surface area contributed by atoms with Crippen LogP contribution < -0.4 is 32.1 Å². The molecule has 0 bridgehead atoms. The highest BCUT2D eigenvalue weighted by Gasteiger charge is 2.29. The molecule has 0 spiro atoms. The summed E-state index contributed by atoms with van der Waals surface area (Å²) in [6.45, 7) is 0.809. The zero-order valence-corrected chi connectivity index (χ0v) is 18.5. The Morgan fingerprint density at radius 1 is 1.26 bits per heavy atom. The zero-order valence-electron chi connectivity index (χ0n) is 18.5. The quantitative estimate of drug-likeness (QED) is 0.203. The van der Waals surface area contributed by atoms with Gasteiger partial charge in [-0.2, -0.15) is 4.98 Å². The van der Waals surface area contributed by atoms with Crippen LogP contribution in [0.15, 0.2) is 29.1 Å². The lowest BCUT2D eigenvalue weighted by atomic mass is 10.1. The SMILES string of the molecule is Nc1nc2c(c(=O)[nH]1)N(C=O)[C@H](CCNc1ccc(C(=O)N[C@@H](CCC(=O)O)C(=O)O)cc1)CN2. The van der Waals surface area contributed by atoms with Gasteiger partial charge in [-0.3, -0.25) is 24.2 Å². The fourth-order valence-corrected chi connectivity index (χ4v) is 3.61. The lowest BCUT2D eigenvalue weighted by Gasteiger charge is -2.33. The molecule has 0 saturated heterocycles. The minimum atomic E-state index is -1.32. The second-order valence-electron chi connectivity index (χ2n) is 7.79. The second kappa shape index (κ2) is 11.0. The second-order valence-corrected chi connectivity index (χ2v) is 7.79. The first kappa shape index (κ1) is 25.0. The first-order valence-electron chi connectivity index (χ1n) is 10.7.